The minimum atomic E-state index is 0.102. The smallest absolute Gasteiger partial charge is 0.180 e. The summed E-state index contributed by atoms with van der Waals surface area (Å²) in [5.74, 6) is 0.780. The maximum atomic E-state index is 12.1. The third-order valence-electron chi connectivity index (χ3n) is 2.76. The fourth-order valence-corrected chi connectivity index (χ4v) is 1.47. The number of Topliss-reactive ketones (excluding diaryl/α,β-unsaturated/α-hetero) is 1. The van der Waals surface area contributed by atoms with Crippen LogP contribution < -0.4 is 4.74 Å². The molecule has 3 heteroatoms. The molecule has 0 bridgehead atoms. The van der Waals surface area contributed by atoms with Crippen molar-refractivity contribution in [3.05, 3.63) is 29.8 Å². The Hall–Kier alpha value is -1.35. The van der Waals surface area contributed by atoms with Crippen LogP contribution in [-0.4, -0.2) is 36.9 Å². The number of benzene rings is 1. The van der Waals surface area contributed by atoms with E-state index in [0.29, 0.717) is 30.5 Å². The lowest BCUT2D eigenvalue weighted by molar-refractivity contribution is 0.0926. The van der Waals surface area contributed by atoms with Crippen LogP contribution in [0, 0.1) is 0 Å². The van der Waals surface area contributed by atoms with Crippen molar-refractivity contribution in [1.82, 2.24) is 4.90 Å². The van der Waals surface area contributed by atoms with Crippen molar-refractivity contribution in [3.63, 3.8) is 0 Å². The topological polar surface area (TPSA) is 29.5 Å². The van der Waals surface area contributed by atoms with E-state index in [2.05, 4.69) is 13.8 Å². The second-order valence-corrected chi connectivity index (χ2v) is 4.36. The Bertz CT molecular complexity index is 374. The van der Waals surface area contributed by atoms with Crippen LogP contribution in [0.1, 0.15) is 31.1 Å². The summed E-state index contributed by atoms with van der Waals surface area (Å²) in [5.41, 5.74) is 0.668. The van der Waals surface area contributed by atoms with Crippen molar-refractivity contribution < 1.29 is 9.53 Å². The van der Waals surface area contributed by atoms with Gasteiger partial charge in [-0.05, 0) is 40.0 Å². The predicted octanol–water partition coefficient (Wildman–Crippen LogP) is 2.61. The van der Waals surface area contributed by atoms with Crippen LogP contribution in [0.4, 0.5) is 0 Å². The molecule has 0 saturated heterocycles. The molecule has 0 N–H and O–H groups in total. The Morgan fingerprint density at radius 3 is 2.59 bits per heavy atom. The minimum absolute atomic E-state index is 0.102. The van der Waals surface area contributed by atoms with Gasteiger partial charge in [0.05, 0.1) is 18.7 Å². The number of hydrogen-bond donors (Lipinski definition) is 0. The Morgan fingerprint density at radius 1 is 1.35 bits per heavy atom. The second-order valence-electron chi connectivity index (χ2n) is 4.36. The van der Waals surface area contributed by atoms with Gasteiger partial charge < -0.3 is 4.74 Å². The average Bonchev–Trinajstić information content (AvgIpc) is 2.29. The molecule has 0 saturated carbocycles. The molecule has 0 fully saturated rings. The van der Waals surface area contributed by atoms with Crippen molar-refractivity contribution in [2.75, 3.05) is 20.2 Å². The molecule has 0 atom stereocenters. The normalized spacial score (nSPS) is 10.9. The molecule has 0 heterocycles. The Kier molecular flexibility index (Phi) is 5.16. The number of para-hydroxylation sites is 1. The van der Waals surface area contributed by atoms with Gasteiger partial charge in [0.25, 0.3) is 0 Å². The molecular formula is C14H21NO2. The van der Waals surface area contributed by atoms with Crippen molar-refractivity contribution in [2.45, 2.75) is 26.8 Å². The maximum absolute atomic E-state index is 12.1. The predicted molar refractivity (Wildman–Crippen MR) is 69.7 cm³/mol. The lowest BCUT2D eigenvalue weighted by Gasteiger charge is -2.20. The first-order valence-corrected chi connectivity index (χ1v) is 6.01. The Balaban J connectivity index is 2.81. The van der Waals surface area contributed by atoms with E-state index in [-0.39, 0.29) is 5.78 Å². The highest BCUT2D eigenvalue weighted by atomic mass is 16.5. The molecule has 3 nitrogen and oxygen atoms in total. The number of nitrogens with zero attached hydrogens (tertiary/aromatic N) is 1. The summed E-state index contributed by atoms with van der Waals surface area (Å²) < 4.78 is 5.46. The van der Waals surface area contributed by atoms with E-state index >= 15 is 0 Å². The van der Waals surface area contributed by atoms with Crippen LogP contribution in [0.25, 0.3) is 0 Å². The summed E-state index contributed by atoms with van der Waals surface area (Å²) >= 11 is 0. The molecule has 0 radical (unpaired) electrons. The largest absolute Gasteiger partial charge is 0.493 e. The molecule has 1 aromatic carbocycles. The molecule has 1 aromatic rings. The van der Waals surface area contributed by atoms with Gasteiger partial charge in [0.1, 0.15) is 5.75 Å². The van der Waals surface area contributed by atoms with Gasteiger partial charge in [0.15, 0.2) is 5.78 Å². The summed E-state index contributed by atoms with van der Waals surface area (Å²) in [6.45, 7) is 7.05. The molecule has 0 unspecified atom stereocenters. The second kappa shape index (κ2) is 6.40. The molecule has 0 spiro atoms. The van der Waals surface area contributed by atoms with Gasteiger partial charge in [-0.2, -0.15) is 0 Å². The third kappa shape index (κ3) is 3.86. The molecule has 94 valence electrons. The van der Waals surface area contributed by atoms with E-state index in [9.17, 15) is 4.79 Å². The first kappa shape index (κ1) is 13.7. The quantitative estimate of drug-likeness (QED) is 0.710. The average molecular weight is 235 g/mol. The van der Waals surface area contributed by atoms with E-state index in [1.807, 2.05) is 43.1 Å². The van der Waals surface area contributed by atoms with Gasteiger partial charge in [-0.15, -0.1) is 0 Å². The SMILES string of the molecule is CCOc1ccccc1C(=O)CN(C)C(C)C. The van der Waals surface area contributed by atoms with Crippen LogP contribution in [0.5, 0.6) is 5.75 Å². The monoisotopic (exact) mass is 235 g/mol. The number of ketones is 1. The van der Waals surface area contributed by atoms with Gasteiger partial charge in [0, 0.05) is 6.04 Å². The molecule has 0 amide bonds. The highest BCUT2D eigenvalue weighted by Crippen LogP contribution is 2.18. The van der Waals surface area contributed by atoms with Gasteiger partial charge in [0.2, 0.25) is 0 Å². The van der Waals surface area contributed by atoms with Crippen molar-refractivity contribution >= 4 is 5.78 Å². The molecular weight excluding hydrogens is 214 g/mol. The van der Waals surface area contributed by atoms with Crippen molar-refractivity contribution in [2.24, 2.45) is 0 Å². The zero-order chi connectivity index (χ0) is 12.8. The van der Waals surface area contributed by atoms with Crippen LogP contribution in [0.15, 0.2) is 24.3 Å². The number of ether oxygens (including phenoxy) is 1. The van der Waals surface area contributed by atoms with E-state index < -0.39 is 0 Å². The molecule has 0 aliphatic carbocycles. The van der Waals surface area contributed by atoms with E-state index in [0.717, 1.165) is 0 Å². The summed E-state index contributed by atoms with van der Waals surface area (Å²) in [7, 11) is 1.95. The van der Waals surface area contributed by atoms with E-state index in [1.54, 1.807) is 0 Å². The first-order valence-electron chi connectivity index (χ1n) is 6.01. The van der Waals surface area contributed by atoms with Crippen LogP contribution in [0.3, 0.4) is 0 Å². The van der Waals surface area contributed by atoms with Crippen LogP contribution in [-0.2, 0) is 0 Å². The zero-order valence-corrected chi connectivity index (χ0v) is 11.1. The zero-order valence-electron chi connectivity index (χ0n) is 11.1. The first-order chi connectivity index (χ1) is 8.06. The number of carbonyl (C=O) groups excluding carboxylic acids is 1. The van der Waals surface area contributed by atoms with Gasteiger partial charge in [-0.25, -0.2) is 0 Å². The number of likely N-dealkylation sites (N-methyl/N-ethyl adjacent to an activating group) is 1. The van der Waals surface area contributed by atoms with Gasteiger partial charge >= 0.3 is 0 Å². The van der Waals surface area contributed by atoms with E-state index in [4.69, 9.17) is 4.74 Å². The number of rotatable bonds is 6. The molecule has 0 aliphatic heterocycles. The summed E-state index contributed by atoms with van der Waals surface area (Å²) in [4.78, 5) is 14.2. The third-order valence-corrected chi connectivity index (χ3v) is 2.76. The molecule has 0 aromatic heterocycles. The Labute approximate surface area is 103 Å². The summed E-state index contributed by atoms with van der Waals surface area (Å²) in [6.07, 6.45) is 0. The minimum Gasteiger partial charge on any atom is -0.493 e. The number of carbonyl (C=O) groups is 1. The lowest BCUT2D eigenvalue weighted by atomic mass is 10.1. The standard InChI is InChI=1S/C14H21NO2/c1-5-17-14-9-7-6-8-12(14)13(16)10-15(4)11(2)3/h6-9,11H,5,10H2,1-4H3. The van der Waals surface area contributed by atoms with Gasteiger partial charge in [-0.1, -0.05) is 12.1 Å². The summed E-state index contributed by atoms with van der Waals surface area (Å²) in [6, 6.07) is 7.77. The Morgan fingerprint density at radius 2 is 2.00 bits per heavy atom. The number of hydrogen-bond acceptors (Lipinski definition) is 3. The van der Waals surface area contributed by atoms with E-state index in [1.165, 1.54) is 0 Å². The van der Waals surface area contributed by atoms with Crippen molar-refractivity contribution in [3.8, 4) is 5.75 Å². The highest BCUT2D eigenvalue weighted by molar-refractivity contribution is 6.00. The van der Waals surface area contributed by atoms with Gasteiger partial charge in [-0.3, -0.25) is 9.69 Å². The molecule has 0 aliphatic rings. The van der Waals surface area contributed by atoms with Crippen molar-refractivity contribution in [1.29, 1.82) is 0 Å². The molecule has 17 heavy (non-hydrogen) atoms. The molecule has 1 rings (SSSR count). The fraction of sp³-hybridized carbons (Fsp3) is 0.500. The summed E-state index contributed by atoms with van der Waals surface area (Å²) in [5, 5.41) is 0. The van der Waals surface area contributed by atoms with Crippen LogP contribution in [0.2, 0.25) is 0 Å². The maximum Gasteiger partial charge on any atom is 0.180 e. The lowest BCUT2D eigenvalue weighted by Crippen LogP contribution is -2.32. The fourth-order valence-electron chi connectivity index (χ4n) is 1.47. The highest BCUT2D eigenvalue weighted by Gasteiger charge is 2.15. The van der Waals surface area contributed by atoms with Crippen LogP contribution >= 0.6 is 0 Å².